The molecule has 2 N–H and O–H groups in total. The summed E-state index contributed by atoms with van der Waals surface area (Å²) in [6.07, 6.45) is -0.123. The maximum absolute atomic E-state index is 11.6. The first-order valence-corrected chi connectivity index (χ1v) is 5.65. The van der Waals surface area contributed by atoms with Gasteiger partial charge in [-0.2, -0.15) is 0 Å². The van der Waals surface area contributed by atoms with E-state index in [1.54, 1.807) is 24.3 Å². The number of carboxylic acid groups (broad SMARTS) is 1. The lowest BCUT2D eigenvalue weighted by Crippen LogP contribution is -2.28. The molecule has 0 amide bonds. The largest absolute Gasteiger partial charge is 0.481 e. The lowest BCUT2D eigenvalue weighted by Gasteiger charge is -2.09. The average Bonchev–Trinajstić information content (AvgIpc) is 2.35. The van der Waals surface area contributed by atoms with E-state index < -0.39 is 5.97 Å². The number of H-pyrrole nitrogens is 1. The normalized spacial score (nSPS) is 10.3. The fourth-order valence-electron chi connectivity index (χ4n) is 1.80. The molecule has 2 rings (SSSR count). The molecule has 98 valence electrons. The number of nitrogens with one attached hydrogen (secondary N) is 1. The van der Waals surface area contributed by atoms with Crippen LogP contribution in [-0.2, 0) is 17.8 Å². The van der Waals surface area contributed by atoms with E-state index in [2.05, 4.69) is 5.10 Å². The Kier molecular flexibility index (Phi) is 3.61. The zero-order chi connectivity index (χ0) is 13.8. The van der Waals surface area contributed by atoms with Crippen LogP contribution >= 0.6 is 0 Å². The second-order valence-electron chi connectivity index (χ2n) is 4.07. The van der Waals surface area contributed by atoms with Crippen molar-refractivity contribution < 1.29 is 9.90 Å². The lowest BCUT2D eigenvalue weighted by molar-refractivity contribution is -0.136. The topological polar surface area (TPSA) is 92.2 Å². The van der Waals surface area contributed by atoms with Crippen LogP contribution in [0, 0.1) is 0 Å². The summed E-state index contributed by atoms with van der Waals surface area (Å²) in [5, 5.41) is 11.2. The molecule has 0 saturated heterocycles. The second-order valence-corrected chi connectivity index (χ2v) is 4.07. The summed E-state index contributed by atoms with van der Waals surface area (Å²) in [6, 6.07) is 9.25. The first-order chi connectivity index (χ1) is 9.06. The van der Waals surface area contributed by atoms with E-state index in [1.165, 1.54) is 6.07 Å². The molecule has 0 unspecified atom stereocenters. The number of carboxylic acids is 1. The Labute approximate surface area is 107 Å². The standard InChI is InChI=1S/C13H12N2O4/c16-11-5-6-12(17)15(14-11)8-10-4-2-1-3-9(10)7-13(18)19/h1-6H,7-8H2,(H,14,16)(H,18,19). The summed E-state index contributed by atoms with van der Waals surface area (Å²) in [7, 11) is 0. The average molecular weight is 260 g/mol. The molecule has 0 fully saturated rings. The van der Waals surface area contributed by atoms with Crippen LogP contribution in [0.1, 0.15) is 11.1 Å². The van der Waals surface area contributed by atoms with E-state index in [0.29, 0.717) is 11.1 Å². The van der Waals surface area contributed by atoms with Crippen LogP contribution in [-0.4, -0.2) is 20.9 Å². The van der Waals surface area contributed by atoms with Crippen molar-refractivity contribution in [2.24, 2.45) is 0 Å². The summed E-state index contributed by atoms with van der Waals surface area (Å²) in [6.45, 7) is 0.137. The summed E-state index contributed by atoms with van der Waals surface area (Å²) in [5.41, 5.74) is 0.584. The van der Waals surface area contributed by atoms with Crippen LogP contribution < -0.4 is 11.1 Å². The molecule has 0 atom stereocenters. The minimum absolute atomic E-state index is 0.123. The minimum atomic E-state index is -0.943. The van der Waals surface area contributed by atoms with E-state index in [-0.39, 0.29) is 24.1 Å². The Hall–Kier alpha value is -2.63. The van der Waals surface area contributed by atoms with Gasteiger partial charge in [0.15, 0.2) is 0 Å². The van der Waals surface area contributed by atoms with Crippen molar-refractivity contribution in [3.8, 4) is 0 Å². The van der Waals surface area contributed by atoms with Crippen LogP contribution in [0.15, 0.2) is 46.0 Å². The highest BCUT2D eigenvalue weighted by Gasteiger charge is 2.07. The number of aromatic nitrogens is 2. The highest BCUT2D eigenvalue weighted by atomic mass is 16.4. The van der Waals surface area contributed by atoms with E-state index >= 15 is 0 Å². The third-order valence-corrected chi connectivity index (χ3v) is 2.68. The van der Waals surface area contributed by atoms with Gasteiger partial charge in [0.1, 0.15) is 0 Å². The van der Waals surface area contributed by atoms with Gasteiger partial charge in [-0.3, -0.25) is 19.5 Å². The van der Waals surface area contributed by atoms with Crippen molar-refractivity contribution in [2.75, 3.05) is 0 Å². The smallest absolute Gasteiger partial charge is 0.307 e. The predicted molar refractivity (Wildman–Crippen MR) is 68.2 cm³/mol. The Balaban J connectivity index is 2.38. The summed E-state index contributed by atoms with van der Waals surface area (Å²) in [5.74, 6) is -0.943. The van der Waals surface area contributed by atoms with Gasteiger partial charge in [-0.05, 0) is 11.1 Å². The SMILES string of the molecule is O=C(O)Cc1ccccc1Cn1[nH]c(=O)ccc1=O. The van der Waals surface area contributed by atoms with Gasteiger partial charge in [-0.15, -0.1) is 0 Å². The van der Waals surface area contributed by atoms with Crippen molar-refractivity contribution >= 4 is 5.97 Å². The number of aliphatic carboxylic acids is 1. The molecular formula is C13H12N2O4. The molecule has 0 radical (unpaired) electrons. The Morgan fingerprint density at radius 1 is 1.11 bits per heavy atom. The van der Waals surface area contributed by atoms with E-state index in [9.17, 15) is 14.4 Å². The number of hydrogen-bond donors (Lipinski definition) is 2. The second kappa shape index (κ2) is 5.34. The van der Waals surface area contributed by atoms with Crippen molar-refractivity contribution in [1.29, 1.82) is 0 Å². The molecule has 1 aromatic heterocycles. The predicted octanol–water partition coefficient (Wildman–Crippen LogP) is 0.212. The quantitative estimate of drug-likeness (QED) is 0.822. The molecular weight excluding hydrogens is 248 g/mol. The number of hydrogen-bond acceptors (Lipinski definition) is 3. The van der Waals surface area contributed by atoms with E-state index in [4.69, 9.17) is 5.11 Å². The van der Waals surface area contributed by atoms with Crippen LogP contribution in [0.4, 0.5) is 0 Å². The number of benzene rings is 1. The zero-order valence-corrected chi connectivity index (χ0v) is 10.00. The van der Waals surface area contributed by atoms with Gasteiger partial charge in [0.05, 0.1) is 13.0 Å². The van der Waals surface area contributed by atoms with Crippen LogP contribution in [0.2, 0.25) is 0 Å². The van der Waals surface area contributed by atoms with Crippen molar-refractivity contribution in [3.63, 3.8) is 0 Å². The van der Waals surface area contributed by atoms with Gasteiger partial charge in [-0.25, -0.2) is 4.68 Å². The van der Waals surface area contributed by atoms with Gasteiger partial charge < -0.3 is 5.11 Å². The number of carbonyl (C=O) groups is 1. The van der Waals surface area contributed by atoms with Gasteiger partial charge in [-0.1, -0.05) is 24.3 Å². The van der Waals surface area contributed by atoms with E-state index in [0.717, 1.165) is 10.7 Å². The molecule has 1 aromatic carbocycles. The molecule has 0 spiro atoms. The zero-order valence-electron chi connectivity index (χ0n) is 10.00. The van der Waals surface area contributed by atoms with Crippen LogP contribution in [0.5, 0.6) is 0 Å². The van der Waals surface area contributed by atoms with Gasteiger partial charge >= 0.3 is 5.97 Å². The molecule has 0 aliphatic rings. The molecule has 1 heterocycles. The van der Waals surface area contributed by atoms with Crippen LogP contribution in [0.25, 0.3) is 0 Å². The van der Waals surface area contributed by atoms with Crippen LogP contribution in [0.3, 0.4) is 0 Å². The first kappa shape index (κ1) is 12.8. The number of aromatic amines is 1. The molecule has 0 bridgehead atoms. The molecule has 0 saturated carbocycles. The fraction of sp³-hybridized carbons (Fsp3) is 0.154. The third-order valence-electron chi connectivity index (χ3n) is 2.68. The highest BCUT2D eigenvalue weighted by Crippen LogP contribution is 2.10. The summed E-state index contributed by atoms with van der Waals surface area (Å²) < 4.78 is 1.16. The summed E-state index contributed by atoms with van der Waals surface area (Å²) >= 11 is 0. The Morgan fingerprint density at radius 2 is 1.79 bits per heavy atom. The van der Waals surface area contributed by atoms with Crippen molar-refractivity contribution in [1.82, 2.24) is 9.78 Å². The third kappa shape index (κ3) is 3.19. The highest BCUT2D eigenvalue weighted by molar-refractivity contribution is 5.70. The molecule has 0 aliphatic heterocycles. The van der Waals surface area contributed by atoms with Crippen molar-refractivity contribution in [2.45, 2.75) is 13.0 Å². The van der Waals surface area contributed by atoms with Gasteiger partial charge in [0, 0.05) is 12.1 Å². The maximum Gasteiger partial charge on any atom is 0.307 e. The van der Waals surface area contributed by atoms with Gasteiger partial charge in [0.25, 0.3) is 11.1 Å². The van der Waals surface area contributed by atoms with Crippen molar-refractivity contribution in [3.05, 3.63) is 68.2 Å². The Bertz CT molecular complexity index is 715. The lowest BCUT2D eigenvalue weighted by atomic mass is 10.0. The maximum atomic E-state index is 11.6. The molecule has 6 heteroatoms. The summed E-state index contributed by atoms with van der Waals surface area (Å²) in [4.78, 5) is 33.5. The number of nitrogens with zero attached hydrogens (tertiary/aromatic N) is 1. The van der Waals surface area contributed by atoms with E-state index in [1.807, 2.05) is 0 Å². The molecule has 19 heavy (non-hydrogen) atoms. The first-order valence-electron chi connectivity index (χ1n) is 5.65. The van der Waals surface area contributed by atoms with Gasteiger partial charge in [0.2, 0.25) is 0 Å². The molecule has 0 aliphatic carbocycles. The molecule has 2 aromatic rings. The Morgan fingerprint density at radius 3 is 2.47 bits per heavy atom. The minimum Gasteiger partial charge on any atom is -0.481 e. The molecule has 6 nitrogen and oxygen atoms in total. The monoisotopic (exact) mass is 260 g/mol. The fourth-order valence-corrected chi connectivity index (χ4v) is 1.80. The number of rotatable bonds is 4.